The normalized spacial score (nSPS) is 17.8. The van der Waals surface area contributed by atoms with Crippen LogP contribution < -0.4 is 20.9 Å². The van der Waals surface area contributed by atoms with Crippen LogP contribution in [0.25, 0.3) is 11.5 Å². The maximum Gasteiger partial charge on any atom is 0.437 e. The van der Waals surface area contributed by atoms with Crippen molar-refractivity contribution in [3.8, 4) is 11.5 Å². The first-order valence-electron chi connectivity index (χ1n) is 10.5. The van der Waals surface area contributed by atoms with Gasteiger partial charge in [0.2, 0.25) is 11.8 Å². The summed E-state index contributed by atoms with van der Waals surface area (Å²) in [5, 5.41) is 6.99. The van der Waals surface area contributed by atoms with Gasteiger partial charge in [-0.05, 0) is 31.0 Å². The summed E-state index contributed by atoms with van der Waals surface area (Å²) in [6.45, 7) is 0.433. The van der Waals surface area contributed by atoms with Gasteiger partial charge in [0.05, 0.1) is 6.54 Å². The summed E-state index contributed by atoms with van der Waals surface area (Å²) in [4.78, 5) is 38.1. The topological polar surface area (TPSA) is 109 Å². The molecule has 0 spiro atoms. The zero-order valence-electron chi connectivity index (χ0n) is 17.5. The highest BCUT2D eigenvalue weighted by molar-refractivity contribution is 6.10. The average Bonchev–Trinajstić information content (AvgIpc) is 3.41. The molecular weight excluding hydrogens is 417 g/mol. The standard InChI is InChI=1S/C21H22FN7O3/c1-23-20-24-11-16-17(25-20)27-8-3-6-15(27)12-28(19(16)30)14-5-2-4-13(10-14)18-26-29(9-7-22)21(31)32-18/h2,4-5,10-11,15H,3,6-9,12H2,1H3,(H,23,24,25). The van der Waals surface area contributed by atoms with Crippen LogP contribution in [0.15, 0.2) is 39.7 Å². The molecule has 1 amide bonds. The molecule has 32 heavy (non-hydrogen) atoms. The van der Waals surface area contributed by atoms with Crippen LogP contribution in [0.2, 0.25) is 0 Å². The molecule has 4 heterocycles. The Bertz CT molecular complexity index is 1220. The smallest absolute Gasteiger partial charge is 0.388 e. The summed E-state index contributed by atoms with van der Waals surface area (Å²) in [7, 11) is 1.74. The Labute approximate surface area is 182 Å². The number of aromatic nitrogens is 4. The Kier molecular flexibility index (Phi) is 5.08. The van der Waals surface area contributed by atoms with E-state index in [2.05, 4.69) is 25.3 Å². The number of rotatable bonds is 5. The van der Waals surface area contributed by atoms with Gasteiger partial charge in [-0.1, -0.05) is 6.07 Å². The van der Waals surface area contributed by atoms with Crippen molar-refractivity contribution in [1.29, 1.82) is 0 Å². The van der Waals surface area contributed by atoms with E-state index in [4.69, 9.17) is 4.42 Å². The Morgan fingerprint density at radius 3 is 3.00 bits per heavy atom. The maximum atomic E-state index is 13.5. The monoisotopic (exact) mass is 439 g/mol. The second kappa shape index (κ2) is 8.06. The minimum Gasteiger partial charge on any atom is -0.388 e. The third-order valence-electron chi connectivity index (χ3n) is 5.82. The summed E-state index contributed by atoms with van der Waals surface area (Å²) in [5.41, 5.74) is 1.62. The number of hydrogen-bond donors (Lipinski definition) is 1. The molecule has 3 aromatic rings. The van der Waals surface area contributed by atoms with Crippen molar-refractivity contribution in [3.63, 3.8) is 0 Å². The van der Waals surface area contributed by atoms with E-state index in [0.717, 1.165) is 24.1 Å². The van der Waals surface area contributed by atoms with Gasteiger partial charge in [-0.2, -0.15) is 9.67 Å². The van der Waals surface area contributed by atoms with Gasteiger partial charge in [-0.25, -0.2) is 14.2 Å². The highest BCUT2D eigenvalue weighted by atomic mass is 19.1. The number of hydrogen-bond acceptors (Lipinski definition) is 8. The van der Waals surface area contributed by atoms with E-state index in [0.29, 0.717) is 35.1 Å². The van der Waals surface area contributed by atoms with Crippen LogP contribution >= 0.6 is 0 Å². The molecule has 0 saturated carbocycles. The van der Waals surface area contributed by atoms with Crippen LogP contribution in [0.3, 0.4) is 0 Å². The Hall–Kier alpha value is -3.76. The number of anilines is 3. The Morgan fingerprint density at radius 2 is 2.19 bits per heavy atom. The van der Waals surface area contributed by atoms with E-state index in [1.54, 1.807) is 36.3 Å². The summed E-state index contributed by atoms with van der Waals surface area (Å²) in [5.74, 6) is 0.279. The lowest BCUT2D eigenvalue weighted by atomic mass is 10.1. The second-order valence-electron chi connectivity index (χ2n) is 7.72. The molecule has 11 heteroatoms. The van der Waals surface area contributed by atoms with Gasteiger partial charge in [0.15, 0.2) is 0 Å². The Balaban J connectivity index is 1.54. The largest absolute Gasteiger partial charge is 0.437 e. The molecule has 166 valence electrons. The van der Waals surface area contributed by atoms with Crippen LogP contribution in [0, 0.1) is 0 Å². The van der Waals surface area contributed by atoms with Gasteiger partial charge in [-0.3, -0.25) is 4.79 Å². The summed E-state index contributed by atoms with van der Waals surface area (Å²) in [6, 6.07) is 7.20. The van der Waals surface area contributed by atoms with Crippen molar-refractivity contribution in [2.24, 2.45) is 0 Å². The van der Waals surface area contributed by atoms with Crippen LogP contribution in [-0.4, -0.2) is 58.5 Å². The number of alkyl halides is 1. The lowest BCUT2D eigenvalue weighted by molar-refractivity contribution is 0.0988. The van der Waals surface area contributed by atoms with Crippen LogP contribution in [0.5, 0.6) is 0 Å². The van der Waals surface area contributed by atoms with Crippen molar-refractivity contribution in [3.05, 3.63) is 46.6 Å². The number of halogens is 1. The molecule has 1 N–H and O–H groups in total. The predicted octanol–water partition coefficient (Wildman–Crippen LogP) is 1.93. The number of nitrogens with zero attached hydrogens (tertiary/aromatic N) is 6. The molecule has 1 fully saturated rings. The highest BCUT2D eigenvalue weighted by Gasteiger charge is 2.37. The first-order chi connectivity index (χ1) is 15.6. The fraction of sp³-hybridized carbons (Fsp3) is 0.381. The van der Waals surface area contributed by atoms with Crippen LogP contribution in [-0.2, 0) is 6.54 Å². The number of fused-ring (bicyclic) bond motifs is 3. The molecule has 1 saturated heterocycles. The minimum atomic E-state index is -0.720. The number of carbonyl (C=O) groups excluding carboxylic acids is 1. The number of benzene rings is 1. The molecule has 2 aromatic heterocycles. The first-order valence-corrected chi connectivity index (χ1v) is 10.5. The zero-order valence-corrected chi connectivity index (χ0v) is 17.5. The summed E-state index contributed by atoms with van der Waals surface area (Å²) < 4.78 is 18.8. The lowest BCUT2D eigenvalue weighted by Crippen LogP contribution is -2.39. The molecule has 10 nitrogen and oxygen atoms in total. The van der Waals surface area contributed by atoms with Gasteiger partial charge in [-0.15, -0.1) is 5.10 Å². The molecule has 1 atom stereocenters. The number of amides is 1. The van der Waals surface area contributed by atoms with Gasteiger partial charge in [0.1, 0.15) is 18.1 Å². The number of carbonyl (C=O) groups is 1. The van der Waals surface area contributed by atoms with E-state index >= 15 is 0 Å². The molecular formula is C21H22FN7O3. The quantitative estimate of drug-likeness (QED) is 0.642. The zero-order chi connectivity index (χ0) is 22.2. The van der Waals surface area contributed by atoms with Crippen molar-refractivity contribution in [1.82, 2.24) is 19.7 Å². The van der Waals surface area contributed by atoms with E-state index in [9.17, 15) is 14.0 Å². The molecule has 1 unspecified atom stereocenters. The second-order valence-corrected chi connectivity index (χ2v) is 7.72. The van der Waals surface area contributed by atoms with Crippen molar-refractivity contribution in [2.45, 2.75) is 25.4 Å². The van der Waals surface area contributed by atoms with Gasteiger partial charge >= 0.3 is 5.76 Å². The molecule has 0 radical (unpaired) electrons. The molecule has 0 bridgehead atoms. The van der Waals surface area contributed by atoms with E-state index < -0.39 is 12.4 Å². The molecule has 2 aliphatic heterocycles. The number of aryl methyl sites for hydroxylation is 1. The van der Waals surface area contributed by atoms with Gasteiger partial charge in [0.25, 0.3) is 5.91 Å². The molecule has 2 aliphatic rings. The summed E-state index contributed by atoms with van der Waals surface area (Å²) >= 11 is 0. The number of nitrogens with one attached hydrogen (secondary N) is 1. The average molecular weight is 439 g/mol. The van der Waals surface area contributed by atoms with Crippen molar-refractivity contribution < 1.29 is 13.6 Å². The third kappa shape index (κ3) is 3.39. The van der Waals surface area contributed by atoms with Gasteiger partial charge in [0, 0.05) is 43.6 Å². The van der Waals surface area contributed by atoms with E-state index in [1.807, 2.05) is 6.07 Å². The SMILES string of the molecule is CNc1ncc2c(n1)N1CCCC1CN(c1cccc(-c3nn(CCF)c(=O)o3)c1)C2=O. The van der Waals surface area contributed by atoms with Crippen molar-refractivity contribution in [2.75, 3.05) is 41.9 Å². The Morgan fingerprint density at radius 1 is 1.31 bits per heavy atom. The van der Waals surface area contributed by atoms with Crippen LogP contribution in [0.4, 0.5) is 21.8 Å². The third-order valence-corrected chi connectivity index (χ3v) is 5.82. The maximum absolute atomic E-state index is 13.5. The van der Waals surface area contributed by atoms with E-state index in [-0.39, 0.29) is 24.4 Å². The van der Waals surface area contributed by atoms with Crippen LogP contribution in [0.1, 0.15) is 23.2 Å². The minimum absolute atomic E-state index is 0.0810. The molecule has 1 aromatic carbocycles. The molecule has 5 rings (SSSR count). The van der Waals surface area contributed by atoms with E-state index in [1.165, 1.54) is 0 Å². The lowest BCUT2D eigenvalue weighted by Gasteiger charge is -2.27. The fourth-order valence-corrected chi connectivity index (χ4v) is 4.28. The predicted molar refractivity (Wildman–Crippen MR) is 116 cm³/mol. The molecule has 0 aliphatic carbocycles. The summed E-state index contributed by atoms with van der Waals surface area (Å²) in [6.07, 6.45) is 3.53. The van der Waals surface area contributed by atoms with Gasteiger partial charge < -0.3 is 19.5 Å². The first kappa shape index (κ1) is 20.2. The van der Waals surface area contributed by atoms with Crippen molar-refractivity contribution >= 4 is 23.4 Å². The highest BCUT2D eigenvalue weighted by Crippen LogP contribution is 2.34. The fourth-order valence-electron chi connectivity index (χ4n) is 4.28.